The molecular formula is C24H31N3O3S2. The van der Waals surface area contributed by atoms with Crippen LogP contribution in [0.4, 0.5) is 0 Å². The molecule has 3 aliphatic rings. The van der Waals surface area contributed by atoms with Crippen molar-refractivity contribution in [1.29, 1.82) is 0 Å². The minimum atomic E-state index is -0.0696. The highest BCUT2D eigenvalue weighted by Crippen LogP contribution is 2.59. The van der Waals surface area contributed by atoms with Crippen LogP contribution in [0.1, 0.15) is 59.3 Å². The summed E-state index contributed by atoms with van der Waals surface area (Å²) < 4.78 is 8.13. The topological polar surface area (TPSA) is 69.8 Å². The van der Waals surface area contributed by atoms with E-state index in [9.17, 15) is 9.90 Å². The lowest BCUT2D eigenvalue weighted by molar-refractivity contribution is 0.101. The first-order valence-corrected chi connectivity index (χ1v) is 13.4. The Bertz CT molecular complexity index is 1010. The molecule has 5 rings (SSSR count). The van der Waals surface area contributed by atoms with E-state index in [-0.39, 0.29) is 16.9 Å². The number of carbonyl (C=O) groups excluding carboxylic acids is 1. The number of phenolic OH excluding ortho intramolecular Hbond substituents is 1. The molecule has 2 unspecified atom stereocenters. The maximum absolute atomic E-state index is 11.8. The van der Waals surface area contributed by atoms with Crippen molar-refractivity contribution in [2.45, 2.75) is 50.3 Å². The molecule has 1 saturated carbocycles. The molecule has 2 aliphatic heterocycles. The minimum Gasteiger partial charge on any atom is -0.507 e. The van der Waals surface area contributed by atoms with Gasteiger partial charge in [0.2, 0.25) is 0 Å². The largest absolute Gasteiger partial charge is 0.507 e. The van der Waals surface area contributed by atoms with Crippen LogP contribution in [0.15, 0.2) is 29.0 Å². The first-order valence-electron chi connectivity index (χ1n) is 11.4. The van der Waals surface area contributed by atoms with E-state index in [4.69, 9.17) is 4.42 Å². The van der Waals surface area contributed by atoms with Gasteiger partial charge in [-0.2, -0.15) is 0 Å². The number of benzene rings is 1. The van der Waals surface area contributed by atoms with Crippen LogP contribution in [0.3, 0.4) is 0 Å². The van der Waals surface area contributed by atoms with E-state index in [1.165, 1.54) is 25.3 Å². The SMILES string of the molecule is CC(=O)c1cc([C@]23C[C@H]2CN(CCCSN2CSC(c4ocnc4C)C2C)C3)ccc1O. The number of aryl methyl sites for hydroxylation is 1. The van der Waals surface area contributed by atoms with E-state index >= 15 is 0 Å². The quantitative estimate of drug-likeness (QED) is 0.338. The van der Waals surface area contributed by atoms with Crippen molar-refractivity contribution < 1.29 is 14.3 Å². The molecule has 1 N–H and O–H groups in total. The van der Waals surface area contributed by atoms with Gasteiger partial charge in [-0.05, 0) is 63.8 Å². The summed E-state index contributed by atoms with van der Waals surface area (Å²) in [5, 5.41) is 10.3. The fourth-order valence-electron chi connectivity index (χ4n) is 5.40. The number of piperidine rings is 1. The number of aromatic nitrogens is 1. The number of hydrogen-bond acceptors (Lipinski definition) is 8. The van der Waals surface area contributed by atoms with Gasteiger partial charge in [0, 0.05) is 30.3 Å². The van der Waals surface area contributed by atoms with Crippen molar-refractivity contribution in [3.8, 4) is 5.75 Å². The second kappa shape index (κ2) is 8.70. The predicted octanol–water partition coefficient (Wildman–Crippen LogP) is 4.64. The van der Waals surface area contributed by atoms with Gasteiger partial charge in [-0.3, -0.25) is 4.79 Å². The number of fused-ring (bicyclic) bond motifs is 1. The average molecular weight is 474 g/mol. The monoisotopic (exact) mass is 473 g/mol. The third-order valence-electron chi connectivity index (χ3n) is 7.36. The lowest BCUT2D eigenvalue weighted by Crippen LogP contribution is -2.28. The van der Waals surface area contributed by atoms with Crippen LogP contribution in [-0.4, -0.2) is 62.4 Å². The van der Waals surface area contributed by atoms with Crippen molar-refractivity contribution in [2.24, 2.45) is 5.92 Å². The number of nitrogens with zero attached hydrogens (tertiary/aromatic N) is 3. The van der Waals surface area contributed by atoms with Crippen LogP contribution < -0.4 is 0 Å². The molecule has 2 saturated heterocycles. The van der Waals surface area contributed by atoms with Crippen molar-refractivity contribution in [3.63, 3.8) is 0 Å². The summed E-state index contributed by atoms with van der Waals surface area (Å²) >= 11 is 3.90. The summed E-state index contributed by atoms with van der Waals surface area (Å²) in [5.41, 5.74) is 2.87. The maximum Gasteiger partial charge on any atom is 0.181 e. The lowest BCUT2D eigenvalue weighted by Gasteiger charge is -2.23. The zero-order chi connectivity index (χ0) is 22.5. The Labute approximate surface area is 198 Å². The fourth-order valence-corrected chi connectivity index (χ4v) is 8.15. The van der Waals surface area contributed by atoms with E-state index in [1.54, 1.807) is 12.5 Å². The summed E-state index contributed by atoms with van der Waals surface area (Å²) in [7, 11) is 0. The van der Waals surface area contributed by atoms with E-state index < -0.39 is 0 Å². The normalized spacial score (nSPS) is 30.0. The molecule has 1 aromatic carbocycles. The molecule has 3 heterocycles. The number of aromatic hydroxyl groups is 1. The van der Waals surface area contributed by atoms with Crippen LogP contribution in [0, 0.1) is 12.8 Å². The van der Waals surface area contributed by atoms with Crippen LogP contribution in [0.2, 0.25) is 0 Å². The third-order valence-corrected chi connectivity index (χ3v) is 10.2. The molecular weight excluding hydrogens is 442 g/mol. The molecule has 4 atom stereocenters. The van der Waals surface area contributed by atoms with Crippen LogP contribution in [0.25, 0.3) is 0 Å². The molecule has 1 aliphatic carbocycles. The van der Waals surface area contributed by atoms with Gasteiger partial charge in [-0.1, -0.05) is 18.0 Å². The number of Topliss-reactive ketones (excluding diaryl/α,β-unsaturated/α-hetero) is 1. The highest BCUT2D eigenvalue weighted by Gasteiger charge is 2.60. The summed E-state index contributed by atoms with van der Waals surface area (Å²) in [6, 6.07) is 6.07. The van der Waals surface area contributed by atoms with Gasteiger partial charge in [0.1, 0.15) is 11.5 Å². The van der Waals surface area contributed by atoms with Crippen molar-refractivity contribution in [3.05, 3.63) is 47.2 Å². The van der Waals surface area contributed by atoms with Crippen molar-refractivity contribution >= 4 is 29.5 Å². The molecule has 6 nitrogen and oxygen atoms in total. The molecule has 0 bridgehead atoms. The zero-order valence-electron chi connectivity index (χ0n) is 18.9. The Kier molecular flexibility index (Phi) is 6.07. The molecule has 1 aromatic heterocycles. The van der Waals surface area contributed by atoms with Gasteiger partial charge in [0.05, 0.1) is 22.4 Å². The van der Waals surface area contributed by atoms with E-state index in [0.29, 0.717) is 22.8 Å². The van der Waals surface area contributed by atoms with Crippen LogP contribution in [0.5, 0.6) is 5.75 Å². The lowest BCUT2D eigenvalue weighted by atomic mass is 9.92. The van der Waals surface area contributed by atoms with E-state index in [2.05, 4.69) is 21.1 Å². The highest BCUT2D eigenvalue weighted by molar-refractivity contribution is 8.02. The van der Waals surface area contributed by atoms with E-state index in [1.807, 2.05) is 42.8 Å². The number of likely N-dealkylation sites (tertiary alicyclic amines) is 1. The number of rotatable bonds is 8. The van der Waals surface area contributed by atoms with Gasteiger partial charge in [0.15, 0.2) is 12.2 Å². The molecule has 0 amide bonds. The molecule has 8 heteroatoms. The maximum atomic E-state index is 11.8. The predicted molar refractivity (Wildman–Crippen MR) is 129 cm³/mol. The smallest absolute Gasteiger partial charge is 0.181 e. The Morgan fingerprint density at radius 2 is 2.28 bits per heavy atom. The highest BCUT2D eigenvalue weighted by atomic mass is 32.2. The molecule has 32 heavy (non-hydrogen) atoms. The van der Waals surface area contributed by atoms with E-state index in [0.717, 1.165) is 42.7 Å². The molecule has 2 aromatic rings. The standard InChI is InChI=1S/C24H31N3O3S2/c1-15-22(30-13-25-15)23-16(2)27(14-31-23)32-8-4-7-26-11-19-10-24(19,12-26)18-5-6-21(29)20(9-18)17(3)28/h5-6,9,13,16,19,23,29H,4,7-8,10-12,14H2,1-3H3/t16?,19-,23?,24+/m0/s1. The average Bonchev–Trinajstić information content (AvgIpc) is 3.06. The Balaban J connectivity index is 1.10. The Hall–Kier alpha value is -1.48. The second-order valence-electron chi connectivity index (χ2n) is 9.44. The van der Waals surface area contributed by atoms with Crippen molar-refractivity contribution in [1.82, 2.24) is 14.2 Å². The molecule has 0 spiro atoms. The van der Waals surface area contributed by atoms with Gasteiger partial charge >= 0.3 is 0 Å². The van der Waals surface area contributed by atoms with Gasteiger partial charge in [-0.15, -0.1) is 11.8 Å². The summed E-state index contributed by atoms with van der Waals surface area (Å²) in [6.07, 6.45) is 3.92. The summed E-state index contributed by atoms with van der Waals surface area (Å²) in [5.74, 6) is 3.87. The number of oxazole rings is 1. The van der Waals surface area contributed by atoms with Gasteiger partial charge < -0.3 is 14.4 Å². The molecule has 0 radical (unpaired) electrons. The number of ketones is 1. The van der Waals surface area contributed by atoms with Gasteiger partial charge in [0.25, 0.3) is 0 Å². The first kappa shape index (κ1) is 22.3. The van der Waals surface area contributed by atoms with Crippen LogP contribution in [-0.2, 0) is 5.41 Å². The molecule has 172 valence electrons. The molecule has 3 fully saturated rings. The number of phenols is 1. The van der Waals surface area contributed by atoms with Crippen molar-refractivity contribution in [2.75, 3.05) is 31.3 Å². The number of carbonyl (C=O) groups is 1. The number of thioether (sulfide) groups is 1. The summed E-state index contributed by atoms with van der Waals surface area (Å²) in [4.78, 5) is 18.7. The Morgan fingerprint density at radius 3 is 3.03 bits per heavy atom. The second-order valence-corrected chi connectivity index (χ2v) is 11.7. The fraction of sp³-hybridized carbons (Fsp3) is 0.583. The summed E-state index contributed by atoms with van der Waals surface area (Å²) in [6.45, 7) is 9.15. The zero-order valence-corrected chi connectivity index (χ0v) is 20.5. The third kappa shape index (κ3) is 4.00. The minimum absolute atomic E-state index is 0.0696. The first-order chi connectivity index (χ1) is 15.4. The number of hydrogen-bond donors (Lipinski definition) is 1. The van der Waals surface area contributed by atoms with Gasteiger partial charge in [-0.25, -0.2) is 9.29 Å². The van der Waals surface area contributed by atoms with Crippen LogP contribution >= 0.6 is 23.7 Å². The Morgan fingerprint density at radius 1 is 1.44 bits per heavy atom.